The standard InChI is InChI=1S/C13H15ClO6/c1-18-10-7-8(13(16)17)6-9(14)12(10)20-5-3-4-11(15)19-2/h6-7H,3-5H2,1-2H3,(H,16,17). The summed E-state index contributed by atoms with van der Waals surface area (Å²) in [6.45, 7) is 0.234. The minimum atomic E-state index is -1.11. The van der Waals surface area contributed by atoms with Crippen molar-refractivity contribution in [3.8, 4) is 11.5 Å². The van der Waals surface area contributed by atoms with Crippen LogP contribution >= 0.6 is 11.6 Å². The SMILES string of the molecule is COC(=O)CCCOc1c(Cl)cc(C(=O)O)cc1OC. The minimum absolute atomic E-state index is 0.00811. The van der Waals surface area contributed by atoms with E-state index in [4.69, 9.17) is 26.2 Å². The lowest BCUT2D eigenvalue weighted by Gasteiger charge is -2.13. The molecule has 0 radical (unpaired) electrons. The van der Waals surface area contributed by atoms with Gasteiger partial charge in [0.2, 0.25) is 0 Å². The van der Waals surface area contributed by atoms with Crippen molar-refractivity contribution >= 4 is 23.5 Å². The van der Waals surface area contributed by atoms with Crippen molar-refractivity contribution in [2.24, 2.45) is 0 Å². The molecule has 0 atom stereocenters. The maximum Gasteiger partial charge on any atom is 0.335 e. The molecular formula is C13H15ClO6. The zero-order valence-corrected chi connectivity index (χ0v) is 11.9. The summed E-state index contributed by atoms with van der Waals surface area (Å²) < 4.78 is 15.0. The highest BCUT2D eigenvalue weighted by molar-refractivity contribution is 6.32. The van der Waals surface area contributed by atoms with Crippen LogP contribution in [0.5, 0.6) is 11.5 Å². The number of hydrogen-bond acceptors (Lipinski definition) is 5. The van der Waals surface area contributed by atoms with Gasteiger partial charge in [-0.25, -0.2) is 4.79 Å². The number of esters is 1. The van der Waals surface area contributed by atoms with Gasteiger partial charge in [-0.2, -0.15) is 0 Å². The summed E-state index contributed by atoms with van der Waals surface area (Å²) in [5.74, 6) is -0.952. The van der Waals surface area contributed by atoms with Gasteiger partial charge < -0.3 is 19.3 Å². The first-order valence-corrected chi connectivity index (χ1v) is 6.17. The van der Waals surface area contributed by atoms with Gasteiger partial charge in [0.25, 0.3) is 0 Å². The first-order valence-electron chi connectivity index (χ1n) is 5.80. The molecule has 0 aromatic heterocycles. The van der Waals surface area contributed by atoms with Crippen LogP contribution in [0, 0.1) is 0 Å². The third-order valence-corrected chi connectivity index (χ3v) is 2.76. The molecular weight excluding hydrogens is 288 g/mol. The molecule has 0 unspecified atom stereocenters. The van der Waals surface area contributed by atoms with E-state index in [9.17, 15) is 9.59 Å². The summed E-state index contributed by atoms with van der Waals surface area (Å²) in [4.78, 5) is 21.8. The molecule has 0 saturated carbocycles. The number of carboxylic acid groups (broad SMARTS) is 1. The van der Waals surface area contributed by atoms with Gasteiger partial charge >= 0.3 is 11.9 Å². The van der Waals surface area contributed by atoms with Crippen molar-refractivity contribution in [1.29, 1.82) is 0 Å². The third kappa shape index (κ3) is 4.31. The first-order chi connectivity index (χ1) is 9.49. The number of benzene rings is 1. The van der Waals surface area contributed by atoms with E-state index in [0.29, 0.717) is 6.42 Å². The molecule has 0 saturated heterocycles. The highest BCUT2D eigenvalue weighted by Gasteiger charge is 2.15. The summed E-state index contributed by atoms with van der Waals surface area (Å²) in [5.41, 5.74) is 0.00811. The topological polar surface area (TPSA) is 82.1 Å². The molecule has 6 nitrogen and oxygen atoms in total. The largest absolute Gasteiger partial charge is 0.493 e. The van der Waals surface area contributed by atoms with E-state index in [2.05, 4.69) is 4.74 Å². The van der Waals surface area contributed by atoms with E-state index >= 15 is 0 Å². The monoisotopic (exact) mass is 302 g/mol. The van der Waals surface area contributed by atoms with E-state index in [1.165, 1.54) is 26.4 Å². The third-order valence-electron chi connectivity index (χ3n) is 2.48. The van der Waals surface area contributed by atoms with E-state index in [-0.39, 0.29) is 41.1 Å². The van der Waals surface area contributed by atoms with E-state index in [1.807, 2.05) is 0 Å². The molecule has 0 aliphatic heterocycles. The Hall–Kier alpha value is -1.95. The van der Waals surface area contributed by atoms with Gasteiger partial charge in [-0.3, -0.25) is 4.79 Å². The van der Waals surface area contributed by atoms with Crippen LogP contribution in [-0.2, 0) is 9.53 Å². The van der Waals surface area contributed by atoms with Gasteiger partial charge in [0.1, 0.15) is 0 Å². The van der Waals surface area contributed by atoms with Crippen LogP contribution in [0.15, 0.2) is 12.1 Å². The highest BCUT2D eigenvalue weighted by atomic mass is 35.5. The first kappa shape index (κ1) is 16.1. The van der Waals surface area contributed by atoms with Crippen molar-refractivity contribution in [3.05, 3.63) is 22.7 Å². The molecule has 0 fully saturated rings. The number of methoxy groups -OCH3 is 2. The molecule has 0 aliphatic carbocycles. The normalized spacial score (nSPS) is 9.95. The lowest BCUT2D eigenvalue weighted by Crippen LogP contribution is -2.06. The predicted octanol–water partition coefficient (Wildman–Crippen LogP) is 2.38. The van der Waals surface area contributed by atoms with E-state index in [0.717, 1.165) is 0 Å². The molecule has 0 spiro atoms. The average Bonchev–Trinajstić information content (AvgIpc) is 2.43. The van der Waals surface area contributed by atoms with Crippen molar-refractivity contribution in [2.45, 2.75) is 12.8 Å². The number of carboxylic acids is 1. The second-order valence-corrected chi connectivity index (χ2v) is 4.23. The maximum atomic E-state index is 10.9. The number of carbonyl (C=O) groups is 2. The van der Waals surface area contributed by atoms with Crippen molar-refractivity contribution < 1.29 is 28.9 Å². The van der Waals surface area contributed by atoms with Crippen LogP contribution in [0.1, 0.15) is 23.2 Å². The number of aromatic carboxylic acids is 1. The van der Waals surface area contributed by atoms with Gasteiger partial charge in [0.05, 0.1) is 31.4 Å². The van der Waals surface area contributed by atoms with Gasteiger partial charge in [0, 0.05) is 6.42 Å². The summed E-state index contributed by atoms with van der Waals surface area (Å²) >= 11 is 5.97. The number of ether oxygens (including phenoxy) is 3. The Labute approximate surface area is 121 Å². The summed E-state index contributed by atoms with van der Waals surface area (Å²) in [7, 11) is 2.70. The Morgan fingerprint density at radius 1 is 1.30 bits per heavy atom. The quantitative estimate of drug-likeness (QED) is 0.615. The van der Waals surface area contributed by atoms with Gasteiger partial charge in [-0.05, 0) is 18.6 Å². The summed E-state index contributed by atoms with van der Waals surface area (Å²) in [6, 6.07) is 2.60. The summed E-state index contributed by atoms with van der Waals surface area (Å²) in [5, 5.41) is 9.05. The molecule has 1 rings (SSSR count). The number of carbonyl (C=O) groups excluding carboxylic acids is 1. The lowest BCUT2D eigenvalue weighted by atomic mass is 10.2. The van der Waals surface area contributed by atoms with Crippen LogP contribution in [0.3, 0.4) is 0 Å². The van der Waals surface area contributed by atoms with Crippen LogP contribution in [0.2, 0.25) is 5.02 Å². The van der Waals surface area contributed by atoms with Crippen LogP contribution in [0.4, 0.5) is 0 Å². The van der Waals surface area contributed by atoms with Crippen LogP contribution in [0.25, 0.3) is 0 Å². The van der Waals surface area contributed by atoms with E-state index < -0.39 is 5.97 Å². The Bertz CT molecular complexity index is 500. The fourth-order valence-electron chi connectivity index (χ4n) is 1.48. The number of halogens is 1. The molecule has 20 heavy (non-hydrogen) atoms. The molecule has 110 valence electrons. The van der Waals surface area contributed by atoms with Crippen molar-refractivity contribution in [1.82, 2.24) is 0 Å². The zero-order chi connectivity index (χ0) is 15.1. The van der Waals surface area contributed by atoms with Gasteiger partial charge in [-0.15, -0.1) is 0 Å². The Morgan fingerprint density at radius 3 is 2.55 bits per heavy atom. The Kier molecular flexibility index (Phi) is 6.11. The summed E-state index contributed by atoms with van der Waals surface area (Å²) in [6.07, 6.45) is 0.677. The van der Waals surface area contributed by atoms with Gasteiger partial charge in [-0.1, -0.05) is 11.6 Å². The molecule has 0 aliphatic rings. The second kappa shape index (κ2) is 7.59. The van der Waals surface area contributed by atoms with Crippen LogP contribution in [-0.4, -0.2) is 37.9 Å². The average molecular weight is 303 g/mol. The van der Waals surface area contributed by atoms with Gasteiger partial charge in [0.15, 0.2) is 11.5 Å². The fourth-order valence-corrected chi connectivity index (χ4v) is 1.74. The number of hydrogen-bond donors (Lipinski definition) is 1. The van der Waals surface area contributed by atoms with Crippen LogP contribution < -0.4 is 9.47 Å². The molecule has 1 aromatic rings. The van der Waals surface area contributed by atoms with E-state index in [1.54, 1.807) is 0 Å². The van der Waals surface area contributed by atoms with Crippen molar-refractivity contribution in [3.63, 3.8) is 0 Å². The molecule has 1 aromatic carbocycles. The Balaban J connectivity index is 2.74. The Morgan fingerprint density at radius 2 is 2.00 bits per heavy atom. The zero-order valence-electron chi connectivity index (χ0n) is 11.1. The number of rotatable bonds is 7. The smallest absolute Gasteiger partial charge is 0.335 e. The van der Waals surface area contributed by atoms with Crippen molar-refractivity contribution in [2.75, 3.05) is 20.8 Å². The molecule has 1 N–H and O–H groups in total. The molecule has 7 heteroatoms. The predicted molar refractivity (Wildman–Crippen MR) is 71.7 cm³/mol. The highest BCUT2D eigenvalue weighted by Crippen LogP contribution is 2.36. The molecule has 0 heterocycles. The lowest BCUT2D eigenvalue weighted by molar-refractivity contribution is -0.140. The molecule has 0 amide bonds. The molecule has 0 bridgehead atoms. The minimum Gasteiger partial charge on any atom is -0.493 e. The second-order valence-electron chi connectivity index (χ2n) is 3.82. The fraction of sp³-hybridized carbons (Fsp3) is 0.385. The maximum absolute atomic E-state index is 10.9.